The van der Waals surface area contributed by atoms with Crippen molar-refractivity contribution in [2.45, 2.75) is 6.92 Å². The Hall–Kier alpha value is -2.01. The summed E-state index contributed by atoms with van der Waals surface area (Å²) >= 11 is 1.42. The topological polar surface area (TPSA) is 64.3 Å². The van der Waals surface area contributed by atoms with E-state index in [1.165, 1.54) is 11.3 Å². The van der Waals surface area contributed by atoms with Gasteiger partial charge < -0.3 is 15.8 Å². The van der Waals surface area contributed by atoms with Crippen LogP contribution in [0.2, 0.25) is 0 Å². The first-order valence-electron chi connectivity index (χ1n) is 5.41. The van der Waals surface area contributed by atoms with E-state index in [0.717, 1.165) is 5.56 Å². The lowest BCUT2D eigenvalue weighted by atomic mass is 10.2. The summed E-state index contributed by atoms with van der Waals surface area (Å²) in [5.74, 6) is 0.435. The van der Waals surface area contributed by atoms with Gasteiger partial charge >= 0.3 is 0 Å². The molecule has 1 amide bonds. The minimum Gasteiger partial charge on any atom is -0.495 e. The Morgan fingerprint density at radius 2 is 2.17 bits per heavy atom. The van der Waals surface area contributed by atoms with E-state index in [-0.39, 0.29) is 5.91 Å². The fraction of sp³-hybridized carbons (Fsp3) is 0.154. The van der Waals surface area contributed by atoms with E-state index in [4.69, 9.17) is 10.5 Å². The molecule has 1 heterocycles. The molecule has 0 fully saturated rings. The largest absolute Gasteiger partial charge is 0.495 e. The summed E-state index contributed by atoms with van der Waals surface area (Å²) in [7, 11) is 1.54. The average molecular weight is 262 g/mol. The lowest BCUT2D eigenvalue weighted by molar-refractivity contribution is 0.103. The lowest BCUT2D eigenvalue weighted by Crippen LogP contribution is -2.11. The highest BCUT2D eigenvalue weighted by atomic mass is 32.1. The summed E-state index contributed by atoms with van der Waals surface area (Å²) in [4.78, 5) is 12.7. The summed E-state index contributed by atoms with van der Waals surface area (Å²) in [5, 5.41) is 4.72. The van der Waals surface area contributed by atoms with E-state index < -0.39 is 0 Å². The Bertz CT molecular complexity index is 578. The minimum atomic E-state index is -0.116. The normalized spacial score (nSPS) is 10.1. The zero-order valence-corrected chi connectivity index (χ0v) is 11.0. The second kappa shape index (κ2) is 5.10. The van der Waals surface area contributed by atoms with Crippen molar-refractivity contribution in [1.82, 2.24) is 0 Å². The molecular weight excluding hydrogens is 248 g/mol. The average Bonchev–Trinajstić information content (AvgIpc) is 2.78. The molecule has 0 saturated heterocycles. The third-order valence-electron chi connectivity index (χ3n) is 2.56. The van der Waals surface area contributed by atoms with E-state index in [0.29, 0.717) is 22.0 Å². The summed E-state index contributed by atoms with van der Waals surface area (Å²) in [6, 6.07) is 7.08. The molecule has 2 aromatic rings. The number of amides is 1. The van der Waals surface area contributed by atoms with Crippen molar-refractivity contribution < 1.29 is 9.53 Å². The number of nitrogen functional groups attached to an aromatic ring is 1. The quantitative estimate of drug-likeness (QED) is 0.836. The highest BCUT2D eigenvalue weighted by Crippen LogP contribution is 2.26. The molecule has 1 aromatic heterocycles. The van der Waals surface area contributed by atoms with Crippen LogP contribution in [0.25, 0.3) is 0 Å². The summed E-state index contributed by atoms with van der Waals surface area (Å²) in [6.45, 7) is 1.91. The van der Waals surface area contributed by atoms with Crippen molar-refractivity contribution in [2.24, 2.45) is 0 Å². The summed E-state index contributed by atoms with van der Waals surface area (Å²) < 4.78 is 5.11. The molecule has 0 radical (unpaired) electrons. The van der Waals surface area contributed by atoms with E-state index in [2.05, 4.69) is 5.32 Å². The van der Waals surface area contributed by atoms with Gasteiger partial charge in [-0.3, -0.25) is 4.79 Å². The van der Waals surface area contributed by atoms with Gasteiger partial charge in [0.15, 0.2) is 0 Å². The molecule has 0 unspecified atom stereocenters. The Morgan fingerprint density at radius 1 is 1.39 bits per heavy atom. The van der Waals surface area contributed by atoms with Crippen molar-refractivity contribution in [2.75, 3.05) is 18.2 Å². The molecule has 94 valence electrons. The van der Waals surface area contributed by atoms with Crippen LogP contribution in [0.3, 0.4) is 0 Å². The molecule has 3 N–H and O–H groups in total. The van der Waals surface area contributed by atoms with Gasteiger partial charge in [0.2, 0.25) is 0 Å². The lowest BCUT2D eigenvalue weighted by Gasteiger charge is -2.08. The number of carbonyl (C=O) groups excluding carboxylic acids is 1. The first kappa shape index (κ1) is 12.4. The predicted octanol–water partition coefficient (Wildman–Crippen LogP) is 2.90. The second-order valence-corrected chi connectivity index (χ2v) is 4.76. The number of carbonyl (C=O) groups is 1. The molecule has 18 heavy (non-hydrogen) atoms. The number of hydrogen-bond donors (Lipinski definition) is 2. The number of aryl methyl sites for hydroxylation is 1. The van der Waals surface area contributed by atoms with Crippen LogP contribution in [0, 0.1) is 6.92 Å². The Morgan fingerprint density at radius 3 is 2.78 bits per heavy atom. The number of nitrogens with one attached hydrogen (secondary N) is 1. The van der Waals surface area contributed by atoms with Crippen LogP contribution in [0.15, 0.2) is 29.6 Å². The van der Waals surface area contributed by atoms with Crippen LogP contribution in [0.5, 0.6) is 5.75 Å². The van der Waals surface area contributed by atoms with E-state index in [1.54, 1.807) is 25.3 Å². The highest BCUT2D eigenvalue weighted by molar-refractivity contribution is 7.12. The van der Waals surface area contributed by atoms with Crippen LogP contribution in [-0.2, 0) is 0 Å². The molecule has 0 aliphatic rings. The number of methoxy groups -OCH3 is 1. The maximum absolute atomic E-state index is 12.0. The minimum absolute atomic E-state index is 0.116. The van der Waals surface area contributed by atoms with Crippen LogP contribution in [0.4, 0.5) is 11.4 Å². The van der Waals surface area contributed by atoms with Crippen LogP contribution in [0.1, 0.15) is 15.2 Å². The maximum Gasteiger partial charge on any atom is 0.265 e. The molecule has 4 nitrogen and oxygen atoms in total. The third kappa shape index (κ3) is 2.46. The molecule has 0 atom stereocenters. The molecule has 0 bridgehead atoms. The van der Waals surface area contributed by atoms with Gasteiger partial charge in [0.25, 0.3) is 5.91 Å². The molecule has 0 saturated carbocycles. The maximum atomic E-state index is 12.0. The zero-order chi connectivity index (χ0) is 13.1. The Kier molecular flexibility index (Phi) is 3.53. The fourth-order valence-corrected chi connectivity index (χ4v) is 2.40. The number of ether oxygens (including phenoxy) is 1. The van der Waals surface area contributed by atoms with Gasteiger partial charge in [-0.25, -0.2) is 0 Å². The third-order valence-corrected chi connectivity index (χ3v) is 3.57. The van der Waals surface area contributed by atoms with Gasteiger partial charge in [-0.15, -0.1) is 11.3 Å². The van der Waals surface area contributed by atoms with Gasteiger partial charge in [-0.2, -0.15) is 0 Å². The Balaban J connectivity index is 2.20. The number of thiophene rings is 1. The zero-order valence-electron chi connectivity index (χ0n) is 10.2. The number of nitrogens with two attached hydrogens (primary N) is 1. The monoisotopic (exact) mass is 262 g/mol. The molecule has 2 rings (SSSR count). The summed E-state index contributed by atoms with van der Waals surface area (Å²) in [6.07, 6.45) is 0. The van der Waals surface area contributed by atoms with Crippen molar-refractivity contribution >= 4 is 28.6 Å². The number of benzene rings is 1. The number of rotatable bonds is 3. The van der Waals surface area contributed by atoms with Crippen molar-refractivity contribution in [1.29, 1.82) is 0 Å². The van der Waals surface area contributed by atoms with E-state index in [9.17, 15) is 4.79 Å². The number of anilines is 2. The SMILES string of the molecule is COc1cc(NC(=O)c2sccc2C)ccc1N. The van der Waals surface area contributed by atoms with Gasteiger partial charge in [0, 0.05) is 11.8 Å². The molecule has 0 spiro atoms. The molecule has 0 aliphatic heterocycles. The van der Waals surface area contributed by atoms with Gasteiger partial charge in [0.05, 0.1) is 17.7 Å². The van der Waals surface area contributed by atoms with Gasteiger partial charge in [-0.1, -0.05) is 0 Å². The first-order chi connectivity index (χ1) is 8.61. The molecule has 5 heteroatoms. The van der Waals surface area contributed by atoms with Crippen LogP contribution in [-0.4, -0.2) is 13.0 Å². The summed E-state index contributed by atoms with van der Waals surface area (Å²) in [5.41, 5.74) is 7.90. The van der Waals surface area contributed by atoms with Crippen molar-refractivity contribution in [3.05, 3.63) is 40.1 Å². The smallest absolute Gasteiger partial charge is 0.265 e. The predicted molar refractivity (Wildman–Crippen MR) is 74.4 cm³/mol. The Labute approximate surface area is 109 Å². The molecule has 0 aliphatic carbocycles. The fourth-order valence-electron chi connectivity index (χ4n) is 1.58. The molecular formula is C13H14N2O2S. The van der Waals surface area contributed by atoms with Crippen LogP contribution < -0.4 is 15.8 Å². The number of hydrogen-bond acceptors (Lipinski definition) is 4. The standard InChI is InChI=1S/C13H14N2O2S/c1-8-5-6-18-12(8)13(16)15-9-3-4-10(14)11(7-9)17-2/h3-7H,14H2,1-2H3,(H,15,16). The second-order valence-electron chi connectivity index (χ2n) is 3.84. The first-order valence-corrected chi connectivity index (χ1v) is 6.28. The van der Waals surface area contributed by atoms with Gasteiger partial charge in [-0.05, 0) is 36.1 Å². The highest BCUT2D eigenvalue weighted by Gasteiger charge is 2.11. The molecule has 1 aromatic carbocycles. The van der Waals surface area contributed by atoms with Crippen molar-refractivity contribution in [3.8, 4) is 5.75 Å². The van der Waals surface area contributed by atoms with E-state index in [1.807, 2.05) is 18.4 Å². The van der Waals surface area contributed by atoms with E-state index >= 15 is 0 Å². The van der Waals surface area contributed by atoms with Gasteiger partial charge in [0.1, 0.15) is 5.75 Å². The van der Waals surface area contributed by atoms with Crippen molar-refractivity contribution in [3.63, 3.8) is 0 Å². The van der Waals surface area contributed by atoms with Crippen LogP contribution >= 0.6 is 11.3 Å².